The van der Waals surface area contributed by atoms with Crippen LogP contribution in [0.2, 0.25) is 0 Å². The van der Waals surface area contributed by atoms with E-state index in [0.717, 1.165) is 96.3 Å². The molecule has 0 aliphatic rings. The summed E-state index contributed by atoms with van der Waals surface area (Å²) in [5.74, 6) is -1.00. The number of hydrogen-bond donors (Lipinski definition) is 0. The van der Waals surface area contributed by atoms with E-state index < -0.39 is 6.10 Å². The van der Waals surface area contributed by atoms with Crippen molar-refractivity contribution in [2.45, 2.75) is 226 Å². The molecule has 0 aliphatic carbocycles. The van der Waals surface area contributed by atoms with Crippen LogP contribution in [0.4, 0.5) is 0 Å². The summed E-state index contributed by atoms with van der Waals surface area (Å²) in [5, 5.41) is 0. The fourth-order valence-electron chi connectivity index (χ4n) is 6.58. The van der Waals surface area contributed by atoms with Crippen molar-refractivity contribution in [1.82, 2.24) is 0 Å². The normalized spacial score (nSPS) is 12.9. The smallest absolute Gasteiger partial charge is 0.306 e. The Balaban J connectivity index is 4.52. The summed E-state index contributed by atoms with van der Waals surface area (Å²) in [6.07, 6.45) is 65.3. The molecule has 0 aromatic rings. The second kappa shape index (κ2) is 50.0. The summed E-state index contributed by atoms with van der Waals surface area (Å²) in [7, 11) is 0. The molecule has 0 radical (unpaired) electrons. The molecule has 62 heavy (non-hydrogen) atoms. The van der Waals surface area contributed by atoms with E-state index in [1.807, 2.05) is 24.3 Å². The van der Waals surface area contributed by atoms with E-state index in [2.05, 4.69) is 93.7 Å². The SMILES string of the molecule is CC\C=C/C=C\C=C/C=C\CCCCCCCC(=O)OC(COC(=O)CCC/C=C\C/C=C\C/C=C\CCCCCCCC)COC(=O)CCCCCCC/C=C\CCCCC. The van der Waals surface area contributed by atoms with E-state index in [1.54, 1.807) is 0 Å². The molecule has 0 N–H and O–H groups in total. The number of carbonyl (C=O) groups excluding carboxylic acids is 3. The predicted molar refractivity (Wildman–Crippen MR) is 265 cm³/mol. The Morgan fingerprint density at radius 1 is 0.355 bits per heavy atom. The maximum Gasteiger partial charge on any atom is 0.306 e. The molecule has 0 rings (SSSR count). The molecule has 6 heteroatoms. The standard InChI is InChI=1S/C56H92O6/c1-4-7-10-13-16-19-22-25-27-28-30-31-34-37-40-43-46-49-55(58)61-52-53(51-60-54(57)48-45-42-39-36-33-24-21-18-15-12-9-6-3)62-56(59)50-47-44-41-38-35-32-29-26-23-20-17-14-11-8-5-2/h8,11,14,17-18,20-21,23,25-27,29-31,37,40,53H,4-7,9-10,12-13,15-16,19,22,24,28,32-36,38-39,41-52H2,1-3H3/b11-8-,17-14-,21-18-,23-20-,27-25-,29-26-,31-30-,40-37-. The Hall–Kier alpha value is -3.67. The third-order valence-electron chi connectivity index (χ3n) is 10.4. The minimum Gasteiger partial charge on any atom is -0.462 e. The summed E-state index contributed by atoms with van der Waals surface area (Å²) in [6, 6.07) is 0. The van der Waals surface area contributed by atoms with Gasteiger partial charge in [-0.2, -0.15) is 0 Å². The van der Waals surface area contributed by atoms with Gasteiger partial charge in [-0.3, -0.25) is 14.4 Å². The maximum atomic E-state index is 12.8. The van der Waals surface area contributed by atoms with Crippen molar-refractivity contribution in [3.05, 3.63) is 97.2 Å². The van der Waals surface area contributed by atoms with Crippen molar-refractivity contribution in [2.24, 2.45) is 0 Å². The van der Waals surface area contributed by atoms with Gasteiger partial charge in [0.25, 0.3) is 0 Å². The zero-order valence-electron chi connectivity index (χ0n) is 40.1. The van der Waals surface area contributed by atoms with Gasteiger partial charge in [-0.1, -0.05) is 201 Å². The molecule has 0 aromatic carbocycles. The predicted octanol–water partition coefficient (Wildman–Crippen LogP) is 16.6. The molecule has 0 spiro atoms. The average Bonchev–Trinajstić information content (AvgIpc) is 3.27. The van der Waals surface area contributed by atoms with E-state index in [0.29, 0.717) is 12.8 Å². The van der Waals surface area contributed by atoms with E-state index >= 15 is 0 Å². The Kier molecular flexibility index (Phi) is 47.0. The molecule has 0 amide bonds. The fraction of sp³-hybridized carbons (Fsp3) is 0.661. The first-order chi connectivity index (χ1) is 30.5. The third kappa shape index (κ3) is 47.4. The highest BCUT2D eigenvalue weighted by molar-refractivity contribution is 5.71. The Bertz CT molecular complexity index is 1260. The lowest BCUT2D eigenvalue weighted by Gasteiger charge is -2.18. The number of hydrogen-bond acceptors (Lipinski definition) is 6. The van der Waals surface area contributed by atoms with Gasteiger partial charge in [0.05, 0.1) is 0 Å². The van der Waals surface area contributed by atoms with E-state index in [9.17, 15) is 14.4 Å². The van der Waals surface area contributed by atoms with Crippen molar-refractivity contribution in [3.8, 4) is 0 Å². The Morgan fingerprint density at radius 3 is 1.24 bits per heavy atom. The molecule has 0 heterocycles. The zero-order chi connectivity index (χ0) is 45.1. The number of rotatable bonds is 44. The topological polar surface area (TPSA) is 78.9 Å². The molecule has 0 aromatic heterocycles. The number of allylic oxidation sites excluding steroid dienone is 16. The monoisotopic (exact) mass is 861 g/mol. The molecule has 1 unspecified atom stereocenters. The molecular formula is C56H92O6. The number of unbranched alkanes of at least 4 members (excludes halogenated alkanes) is 20. The van der Waals surface area contributed by atoms with Crippen LogP contribution in [0.15, 0.2) is 97.2 Å². The van der Waals surface area contributed by atoms with Gasteiger partial charge in [0.2, 0.25) is 0 Å². The molecular weight excluding hydrogens is 769 g/mol. The average molecular weight is 861 g/mol. The van der Waals surface area contributed by atoms with Crippen LogP contribution in [0.25, 0.3) is 0 Å². The van der Waals surface area contributed by atoms with Gasteiger partial charge in [0, 0.05) is 19.3 Å². The van der Waals surface area contributed by atoms with Crippen LogP contribution < -0.4 is 0 Å². The van der Waals surface area contributed by atoms with Gasteiger partial charge in [0.15, 0.2) is 6.10 Å². The quantitative estimate of drug-likeness (QED) is 0.0200. The molecule has 0 bridgehead atoms. The van der Waals surface area contributed by atoms with E-state index in [-0.39, 0.29) is 44.0 Å². The van der Waals surface area contributed by atoms with Crippen molar-refractivity contribution < 1.29 is 28.6 Å². The minimum absolute atomic E-state index is 0.109. The van der Waals surface area contributed by atoms with Crippen LogP contribution in [0.1, 0.15) is 220 Å². The summed E-state index contributed by atoms with van der Waals surface area (Å²) in [4.78, 5) is 37.9. The highest BCUT2D eigenvalue weighted by atomic mass is 16.6. The van der Waals surface area contributed by atoms with Crippen LogP contribution >= 0.6 is 0 Å². The number of ether oxygens (including phenoxy) is 3. The van der Waals surface area contributed by atoms with Crippen LogP contribution in [-0.2, 0) is 28.6 Å². The minimum atomic E-state index is -0.813. The highest BCUT2D eigenvalue weighted by Crippen LogP contribution is 2.13. The molecule has 0 saturated carbocycles. The fourth-order valence-corrected chi connectivity index (χ4v) is 6.58. The zero-order valence-corrected chi connectivity index (χ0v) is 40.1. The Labute approximate surface area is 381 Å². The van der Waals surface area contributed by atoms with Crippen molar-refractivity contribution in [2.75, 3.05) is 13.2 Å². The van der Waals surface area contributed by atoms with Gasteiger partial charge in [-0.05, 0) is 96.3 Å². The second-order valence-electron chi connectivity index (χ2n) is 16.4. The van der Waals surface area contributed by atoms with Crippen LogP contribution in [0, 0.1) is 0 Å². The van der Waals surface area contributed by atoms with Gasteiger partial charge < -0.3 is 14.2 Å². The summed E-state index contributed by atoms with van der Waals surface area (Å²) < 4.78 is 16.7. The lowest BCUT2D eigenvalue weighted by atomic mass is 10.1. The number of esters is 3. The van der Waals surface area contributed by atoms with Crippen LogP contribution in [0.3, 0.4) is 0 Å². The third-order valence-corrected chi connectivity index (χ3v) is 10.4. The first-order valence-electron chi connectivity index (χ1n) is 25.3. The molecule has 0 fully saturated rings. The number of carbonyl (C=O) groups is 3. The van der Waals surface area contributed by atoms with Gasteiger partial charge in [-0.15, -0.1) is 0 Å². The maximum absolute atomic E-state index is 12.8. The molecule has 0 aliphatic heterocycles. The van der Waals surface area contributed by atoms with Crippen molar-refractivity contribution >= 4 is 17.9 Å². The van der Waals surface area contributed by atoms with E-state index in [4.69, 9.17) is 14.2 Å². The molecule has 352 valence electrons. The van der Waals surface area contributed by atoms with Gasteiger partial charge in [0.1, 0.15) is 13.2 Å². The van der Waals surface area contributed by atoms with Crippen LogP contribution in [-0.4, -0.2) is 37.2 Å². The molecule has 1 atom stereocenters. The van der Waals surface area contributed by atoms with Crippen molar-refractivity contribution in [1.29, 1.82) is 0 Å². The van der Waals surface area contributed by atoms with Crippen molar-refractivity contribution in [3.63, 3.8) is 0 Å². The lowest BCUT2D eigenvalue weighted by Crippen LogP contribution is -2.30. The largest absolute Gasteiger partial charge is 0.462 e. The lowest BCUT2D eigenvalue weighted by molar-refractivity contribution is -0.167. The molecule has 0 saturated heterocycles. The Morgan fingerprint density at radius 2 is 0.710 bits per heavy atom. The van der Waals surface area contributed by atoms with Gasteiger partial charge in [-0.25, -0.2) is 0 Å². The molecule has 6 nitrogen and oxygen atoms in total. The van der Waals surface area contributed by atoms with E-state index in [1.165, 1.54) is 77.0 Å². The highest BCUT2D eigenvalue weighted by Gasteiger charge is 2.19. The first-order valence-corrected chi connectivity index (χ1v) is 25.3. The summed E-state index contributed by atoms with van der Waals surface area (Å²) >= 11 is 0. The summed E-state index contributed by atoms with van der Waals surface area (Å²) in [5.41, 5.74) is 0. The van der Waals surface area contributed by atoms with Crippen LogP contribution in [0.5, 0.6) is 0 Å². The second-order valence-corrected chi connectivity index (χ2v) is 16.4. The van der Waals surface area contributed by atoms with Gasteiger partial charge >= 0.3 is 17.9 Å². The first kappa shape index (κ1) is 58.3. The summed E-state index contributed by atoms with van der Waals surface area (Å²) in [6.45, 7) is 6.38.